The second-order valence-electron chi connectivity index (χ2n) is 9.91. The molecule has 0 rings (SSSR count). The normalized spacial score (nSPS) is 15.0. The Labute approximate surface area is 183 Å². The van der Waals surface area contributed by atoms with E-state index in [1.807, 2.05) is 21.1 Å². The molecule has 3 atom stereocenters. The van der Waals surface area contributed by atoms with E-state index in [4.69, 9.17) is 0 Å². The van der Waals surface area contributed by atoms with Crippen molar-refractivity contribution in [3.63, 3.8) is 0 Å². The highest BCUT2D eigenvalue weighted by atomic mass is 31.1. The van der Waals surface area contributed by atoms with Crippen LogP contribution in [0.5, 0.6) is 0 Å². The van der Waals surface area contributed by atoms with Gasteiger partial charge >= 0.3 is 8.03 Å². The van der Waals surface area contributed by atoms with Gasteiger partial charge in [0.25, 0.3) is 5.78 Å². The van der Waals surface area contributed by atoms with Gasteiger partial charge in [-0.2, -0.15) is 0 Å². The molecule has 0 aliphatic carbocycles. The summed E-state index contributed by atoms with van der Waals surface area (Å²) in [5.74, 6) is 0.0163. The predicted molar refractivity (Wildman–Crippen MR) is 127 cm³/mol. The highest BCUT2D eigenvalue weighted by Crippen LogP contribution is 2.30. The maximum absolute atomic E-state index is 11.5. The zero-order chi connectivity index (χ0) is 22.0. The van der Waals surface area contributed by atoms with Crippen LogP contribution in [0.3, 0.4) is 0 Å². The van der Waals surface area contributed by atoms with E-state index >= 15 is 0 Å². The summed E-state index contributed by atoms with van der Waals surface area (Å²) >= 11 is 0. The Balaban J connectivity index is 3.53. The Morgan fingerprint density at radius 1 is 0.793 bits per heavy atom. The van der Waals surface area contributed by atoms with Gasteiger partial charge in [-0.05, 0) is 18.8 Å². The Kier molecular flexibility index (Phi) is 18.4. The Hall–Kier alpha value is -0.240. The number of nitrogens with zero attached hydrogens (tertiary/aromatic N) is 1. The Morgan fingerprint density at radius 3 is 1.59 bits per heavy atom. The summed E-state index contributed by atoms with van der Waals surface area (Å²) in [5, 5.41) is 0. The number of hydrogen-bond acceptors (Lipinski definition) is 2. The first kappa shape index (κ1) is 28.8. The largest absolute Gasteiger partial charge is 0.591 e. The standard InChI is InChI=1S/C25H51NO2P/c1-6-7-8-9-10-11-12-13-14-15-16-17-18-19-20-21-22-24(2)23-25(29(27)28)26(3,4)5/h21-22,24-25H,6-20,23H2,1-5H3/q+1. The number of allylic oxidation sites excluding steroid dienone is 2. The first-order valence-corrected chi connectivity index (χ1v) is 13.6. The van der Waals surface area contributed by atoms with Gasteiger partial charge in [-0.1, -0.05) is 114 Å². The molecule has 0 saturated carbocycles. The SMILES string of the molecule is CCCCCCCCCCCCCCCCC=CC(C)CC([P+](=O)[O-])[N+](C)(C)C. The van der Waals surface area contributed by atoms with Crippen molar-refractivity contribution in [2.45, 2.75) is 122 Å². The average Bonchev–Trinajstić information content (AvgIpc) is 2.64. The fourth-order valence-corrected chi connectivity index (χ4v) is 4.95. The molecule has 4 heteroatoms. The summed E-state index contributed by atoms with van der Waals surface area (Å²) in [5.41, 5.74) is 0. The van der Waals surface area contributed by atoms with Crippen molar-refractivity contribution in [1.82, 2.24) is 0 Å². The summed E-state index contributed by atoms with van der Waals surface area (Å²) in [7, 11) is 3.49. The third kappa shape index (κ3) is 18.3. The topological polar surface area (TPSA) is 40.1 Å². The van der Waals surface area contributed by atoms with Gasteiger partial charge in [0.05, 0.1) is 27.6 Å². The van der Waals surface area contributed by atoms with Crippen molar-refractivity contribution in [1.29, 1.82) is 0 Å². The van der Waals surface area contributed by atoms with Crippen LogP contribution in [0.2, 0.25) is 0 Å². The molecule has 0 aliphatic heterocycles. The van der Waals surface area contributed by atoms with Crippen molar-refractivity contribution < 1.29 is 13.9 Å². The summed E-state index contributed by atoms with van der Waals surface area (Å²) < 4.78 is 12.0. The predicted octanol–water partition coefficient (Wildman–Crippen LogP) is 7.58. The molecule has 0 amide bonds. The molecule has 0 radical (unpaired) electrons. The lowest BCUT2D eigenvalue weighted by Gasteiger charge is -2.28. The van der Waals surface area contributed by atoms with Gasteiger partial charge in [0.2, 0.25) is 0 Å². The zero-order valence-electron chi connectivity index (χ0n) is 20.3. The maximum atomic E-state index is 11.5. The molecule has 3 nitrogen and oxygen atoms in total. The van der Waals surface area contributed by atoms with Crippen LogP contribution in [-0.4, -0.2) is 31.4 Å². The van der Waals surface area contributed by atoms with E-state index in [1.54, 1.807) is 0 Å². The summed E-state index contributed by atoms with van der Waals surface area (Å²) in [6, 6.07) is 0. The minimum absolute atomic E-state index is 0.300. The zero-order valence-corrected chi connectivity index (χ0v) is 21.2. The molecule has 3 unspecified atom stereocenters. The minimum Gasteiger partial charge on any atom is -0.591 e. The van der Waals surface area contributed by atoms with E-state index in [0.717, 1.165) is 6.42 Å². The van der Waals surface area contributed by atoms with Gasteiger partial charge in [0, 0.05) is 0 Å². The smallest absolute Gasteiger partial charge is 0.373 e. The van der Waals surface area contributed by atoms with Crippen LogP contribution in [0.4, 0.5) is 0 Å². The van der Waals surface area contributed by atoms with E-state index in [-0.39, 0.29) is 5.78 Å². The van der Waals surface area contributed by atoms with Gasteiger partial charge in [0.1, 0.15) is 0 Å². The summed E-state index contributed by atoms with van der Waals surface area (Å²) in [6.07, 6.45) is 25.8. The minimum atomic E-state index is -2.39. The number of rotatable bonds is 20. The van der Waals surface area contributed by atoms with E-state index in [1.165, 1.54) is 89.9 Å². The van der Waals surface area contributed by atoms with Crippen LogP contribution >= 0.6 is 8.03 Å². The van der Waals surface area contributed by atoms with E-state index in [0.29, 0.717) is 16.8 Å². The number of unbranched alkanes of at least 4 members (excludes halogenated alkanes) is 14. The molecule has 0 heterocycles. The maximum Gasteiger partial charge on any atom is 0.373 e. The van der Waals surface area contributed by atoms with Crippen molar-refractivity contribution in [2.24, 2.45) is 5.92 Å². The van der Waals surface area contributed by atoms with Gasteiger partial charge in [-0.3, -0.25) is 4.48 Å². The fraction of sp³-hybridized carbons (Fsp3) is 0.920. The van der Waals surface area contributed by atoms with E-state index < -0.39 is 8.03 Å². The van der Waals surface area contributed by atoms with Crippen LogP contribution in [0.15, 0.2) is 12.2 Å². The first-order chi connectivity index (χ1) is 13.8. The van der Waals surface area contributed by atoms with Crippen LogP contribution in [-0.2, 0) is 4.57 Å². The second-order valence-corrected chi connectivity index (χ2v) is 11.1. The molecule has 0 bridgehead atoms. The Morgan fingerprint density at radius 2 is 1.21 bits per heavy atom. The fourth-order valence-electron chi connectivity index (χ4n) is 3.88. The first-order valence-electron chi connectivity index (χ1n) is 12.4. The molecule has 0 aromatic rings. The van der Waals surface area contributed by atoms with Gasteiger partial charge in [-0.15, -0.1) is 0 Å². The monoisotopic (exact) mass is 428 g/mol. The molecule has 0 spiro atoms. The van der Waals surface area contributed by atoms with Gasteiger partial charge in [-0.25, -0.2) is 0 Å². The molecule has 0 aromatic carbocycles. The molecule has 0 aromatic heterocycles. The molecule has 0 N–H and O–H groups in total. The lowest BCUT2D eigenvalue weighted by molar-refractivity contribution is -0.883. The molecule has 0 fully saturated rings. The van der Waals surface area contributed by atoms with Crippen LogP contribution in [0, 0.1) is 5.92 Å². The molecular weight excluding hydrogens is 377 g/mol. The van der Waals surface area contributed by atoms with Crippen molar-refractivity contribution in [2.75, 3.05) is 21.1 Å². The van der Waals surface area contributed by atoms with Crippen molar-refractivity contribution in [3.8, 4) is 0 Å². The molecule has 0 saturated heterocycles. The third-order valence-electron chi connectivity index (χ3n) is 5.91. The molecule has 172 valence electrons. The van der Waals surface area contributed by atoms with Crippen molar-refractivity contribution in [3.05, 3.63) is 12.2 Å². The van der Waals surface area contributed by atoms with Crippen LogP contribution in [0.25, 0.3) is 0 Å². The lowest BCUT2D eigenvalue weighted by Crippen LogP contribution is -2.44. The summed E-state index contributed by atoms with van der Waals surface area (Å²) in [6.45, 7) is 4.41. The van der Waals surface area contributed by atoms with Crippen LogP contribution < -0.4 is 4.89 Å². The lowest BCUT2D eigenvalue weighted by atomic mass is 10.0. The third-order valence-corrected chi connectivity index (χ3v) is 7.30. The molecular formula is C25H51NO2P+. The van der Waals surface area contributed by atoms with E-state index in [9.17, 15) is 9.46 Å². The number of hydrogen-bond donors (Lipinski definition) is 0. The Bertz CT molecular complexity index is 418. The van der Waals surface area contributed by atoms with E-state index in [2.05, 4.69) is 26.0 Å². The summed E-state index contributed by atoms with van der Waals surface area (Å²) in [4.78, 5) is 11.5. The van der Waals surface area contributed by atoms with Gasteiger partial charge < -0.3 is 4.89 Å². The highest BCUT2D eigenvalue weighted by Gasteiger charge is 2.35. The molecule has 29 heavy (non-hydrogen) atoms. The highest BCUT2D eigenvalue weighted by molar-refractivity contribution is 7.37. The van der Waals surface area contributed by atoms with Crippen LogP contribution in [0.1, 0.15) is 117 Å². The van der Waals surface area contributed by atoms with Crippen molar-refractivity contribution >= 4 is 8.03 Å². The molecule has 0 aliphatic rings. The quantitative estimate of drug-likeness (QED) is 0.0868. The van der Waals surface area contributed by atoms with Gasteiger partial charge in [0.15, 0.2) is 0 Å². The average molecular weight is 429 g/mol. The number of quaternary nitrogens is 1. The second kappa shape index (κ2) is 18.5.